The van der Waals surface area contributed by atoms with Crippen LogP contribution in [0.1, 0.15) is 11.1 Å². The topological polar surface area (TPSA) is 54.0 Å². The Morgan fingerprint density at radius 1 is 1.14 bits per heavy atom. The zero-order valence-electron chi connectivity index (χ0n) is 11.2. The van der Waals surface area contributed by atoms with Gasteiger partial charge in [0, 0.05) is 11.1 Å². The number of hydrogen-bond donors (Lipinski definition) is 0. The molecule has 1 aromatic heterocycles. The van der Waals surface area contributed by atoms with Gasteiger partial charge in [-0.05, 0) is 49.4 Å². The van der Waals surface area contributed by atoms with Crippen LogP contribution in [0.5, 0.6) is 0 Å². The standard InChI is InChI=1S/C17H10FNO2/c1-10-16(20)14-8-13(18)6-7-15(14)21-17(10)12-4-2-11(9-19)3-5-12/h2-8H,1H3. The van der Waals surface area contributed by atoms with Gasteiger partial charge in [-0.1, -0.05) is 0 Å². The lowest BCUT2D eigenvalue weighted by atomic mass is 10.0. The Kier molecular flexibility index (Phi) is 3.03. The van der Waals surface area contributed by atoms with E-state index in [1.807, 2.05) is 6.07 Å². The fraction of sp³-hybridized carbons (Fsp3) is 0.0588. The van der Waals surface area contributed by atoms with Gasteiger partial charge < -0.3 is 4.42 Å². The average Bonchev–Trinajstić information content (AvgIpc) is 2.51. The minimum Gasteiger partial charge on any atom is -0.456 e. The third-order valence-electron chi connectivity index (χ3n) is 3.36. The normalized spacial score (nSPS) is 10.5. The van der Waals surface area contributed by atoms with Crippen LogP contribution in [0, 0.1) is 24.1 Å². The molecular formula is C17H10FNO2. The smallest absolute Gasteiger partial charge is 0.196 e. The molecule has 0 atom stereocenters. The van der Waals surface area contributed by atoms with Crippen molar-refractivity contribution in [1.82, 2.24) is 0 Å². The Balaban J connectivity index is 2.28. The third kappa shape index (κ3) is 2.19. The maximum Gasteiger partial charge on any atom is 0.196 e. The molecule has 21 heavy (non-hydrogen) atoms. The highest BCUT2D eigenvalue weighted by atomic mass is 19.1. The van der Waals surface area contributed by atoms with E-state index in [0.29, 0.717) is 28.0 Å². The van der Waals surface area contributed by atoms with E-state index < -0.39 is 5.82 Å². The van der Waals surface area contributed by atoms with Crippen molar-refractivity contribution in [3.8, 4) is 17.4 Å². The Hall–Kier alpha value is -2.93. The summed E-state index contributed by atoms with van der Waals surface area (Å²) in [5.41, 5.74) is 1.73. The maximum absolute atomic E-state index is 13.2. The van der Waals surface area contributed by atoms with Crippen molar-refractivity contribution in [3.05, 3.63) is 69.6 Å². The van der Waals surface area contributed by atoms with Crippen LogP contribution in [-0.2, 0) is 0 Å². The number of nitrogens with zero attached hydrogens (tertiary/aromatic N) is 1. The fourth-order valence-corrected chi connectivity index (χ4v) is 2.23. The highest BCUT2D eigenvalue weighted by Crippen LogP contribution is 2.26. The first-order chi connectivity index (χ1) is 10.1. The van der Waals surface area contributed by atoms with E-state index in [2.05, 4.69) is 0 Å². The predicted octanol–water partition coefficient (Wildman–Crippen LogP) is 3.78. The van der Waals surface area contributed by atoms with Crippen molar-refractivity contribution in [2.45, 2.75) is 6.92 Å². The van der Waals surface area contributed by atoms with Crippen LogP contribution < -0.4 is 5.43 Å². The van der Waals surface area contributed by atoms with Crippen molar-refractivity contribution in [2.24, 2.45) is 0 Å². The van der Waals surface area contributed by atoms with Crippen LogP contribution in [0.2, 0.25) is 0 Å². The van der Waals surface area contributed by atoms with Gasteiger partial charge in [-0.25, -0.2) is 4.39 Å². The van der Waals surface area contributed by atoms with E-state index in [1.54, 1.807) is 31.2 Å². The van der Waals surface area contributed by atoms with Gasteiger partial charge in [0.05, 0.1) is 17.0 Å². The Labute approximate surface area is 119 Å². The summed E-state index contributed by atoms with van der Waals surface area (Å²) >= 11 is 0. The highest BCUT2D eigenvalue weighted by Gasteiger charge is 2.13. The number of halogens is 1. The molecule has 0 bridgehead atoms. The lowest BCUT2D eigenvalue weighted by molar-refractivity contribution is 0.605. The third-order valence-corrected chi connectivity index (χ3v) is 3.36. The lowest BCUT2D eigenvalue weighted by Gasteiger charge is -2.07. The second kappa shape index (κ2) is 4.88. The molecule has 2 aromatic carbocycles. The molecule has 0 N–H and O–H groups in total. The summed E-state index contributed by atoms with van der Waals surface area (Å²) in [5.74, 6) is -0.0380. The zero-order chi connectivity index (χ0) is 15.0. The summed E-state index contributed by atoms with van der Waals surface area (Å²) in [7, 11) is 0. The van der Waals surface area contributed by atoms with E-state index in [0.717, 1.165) is 0 Å². The molecule has 0 amide bonds. The van der Waals surface area contributed by atoms with E-state index in [9.17, 15) is 9.18 Å². The maximum atomic E-state index is 13.2. The molecule has 4 heteroatoms. The van der Waals surface area contributed by atoms with E-state index in [-0.39, 0.29) is 10.8 Å². The van der Waals surface area contributed by atoms with Gasteiger partial charge >= 0.3 is 0 Å². The molecule has 0 spiro atoms. The number of rotatable bonds is 1. The first kappa shape index (κ1) is 13.1. The minimum atomic E-state index is -0.472. The number of nitriles is 1. The van der Waals surface area contributed by atoms with Gasteiger partial charge in [0.15, 0.2) is 5.43 Å². The van der Waals surface area contributed by atoms with Crippen LogP contribution >= 0.6 is 0 Å². The van der Waals surface area contributed by atoms with Gasteiger partial charge in [0.25, 0.3) is 0 Å². The van der Waals surface area contributed by atoms with Crippen LogP contribution in [0.4, 0.5) is 4.39 Å². The molecule has 0 saturated heterocycles. The molecule has 0 fully saturated rings. The summed E-state index contributed by atoms with van der Waals surface area (Å²) in [6, 6.07) is 12.7. The minimum absolute atomic E-state index is 0.227. The van der Waals surface area contributed by atoms with Gasteiger partial charge in [-0.3, -0.25) is 4.79 Å². The van der Waals surface area contributed by atoms with E-state index in [1.165, 1.54) is 18.2 Å². The van der Waals surface area contributed by atoms with Gasteiger partial charge in [0.2, 0.25) is 0 Å². The quantitative estimate of drug-likeness (QED) is 0.681. The molecule has 3 nitrogen and oxygen atoms in total. The van der Waals surface area contributed by atoms with Crippen molar-refractivity contribution in [1.29, 1.82) is 5.26 Å². The monoisotopic (exact) mass is 279 g/mol. The number of fused-ring (bicyclic) bond motifs is 1. The van der Waals surface area contributed by atoms with Crippen LogP contribution in [0.3, 0.4) is 0 Å². The molecule has 0 radical (unpaired) electrons. The lowest BCUT2D eigenvalue weighted by Crippen LogP contribution is -2.07. The predicted molar refractivity (Wildman–Crippen MR) is 77.3 cm³/mol. The molecule has 3 aromatic rings. The summed E-state index contributed by atoms with van der Waals surface area (Å²) in [5, 5.41) is 9.03. The first-order valence-electron chi connectivity index (χ1n) is 6.33. The second-order valence-corrected chi connectivity index (χ2v) is 4.71. The Morgan fingerprint density at radius 2 is 1.86 bits per heavy atom. The fourth-order valence-electron chi connectivity index (χ4n) is 2.23. The zero-order valence-corrected chi connectivity index (χ0v) is 11.2. The van der Waals surface area contributed by atoms with Gasteiger partial charge in [0.1, 0.15) is 17.2 Å². The Morgan fingerprint density at radius 3 is 2.52 bits per heavy atom. The molecule has 1 heterocycles. The Bertz CT molecular complexity index is 934. The summed E-state index contributed by atoms with van der Waals surface area (Å²) < 4.78 is 19.0. The molecular weight excluding hydrogens is 269 g/mol. The molecule has 0 saturated carbocycles. The second-order valence-electron chi connectivity index (χ2n) is 4.71. The molecule has 0 aliphatic carbocycles. The van der Waals surface area contributed by atoms with Crippen molar-refractivity contribution in [3.63, 3.8) is 0 Å². The summed E-state index contributed by atoms with van der Waals surface area (Å²) in [6.45, 7) is 1.64. The summed E-state index contributed by atoms with van der Waals surface area (Å²) in [4.78, 5) is 12.3. The highest BCUT2D eigenvalue weighted by molar-refractivity contribution is 5.80. The van der Waals surface area contributed by atoms with Gasteiger partial charge in [-0.2, -0.15) is 5.26 Å². The number of benzene rings is 2. The first-order valence-corrected chi connectivity index (χ1v) is 6.33. The van der Waals surface area contributed by atoms with Crippen LogP contribution in [0.25, 0.3) is 22.3 Å². The van der Waals surface area contributed by atoms with Crippen molar-refractivity contribution >= 4 is 11.0 Å². The van der Waals surface area contributed by atoms with Crippen LogP contribution in [0.15, 0.2) is 51.7 Å². The van der Waals surface area contributed by atoms with Crippen LogP contribution in [-0.4, -0.2) is 0 Å². The van der Waals surface area contributed by atoms with Gasteiger partial charge in [-0.15, -0.1) is 0 Å². The average molecular weight is 279 g/mol. The largest absolute Gasteiger partial charge is 0.456 e. The van der Waals surface area contributed by atoms with E-state index in [4.69, 9.17) is 9.68 Å². The number of hydrogen-bond acceptors (Lipinski definition) is 3. The molecule has 0 aliphatic heterocycles. The molecule has 102 valence electrons. The molecule has 0 aliphatic rings. The van der Waals surface area contributed by atoms with Crippen molar-refractivity contribution in [2.75, 3.05) is 0 Å². The summed E-state index contributed by atoms with van der Waals surface area (Å²) in [6.07, 6.45) is 0. The SMILES string of the molecule is Cc1c(-c2ccc(C#N)cc2)oc2ccc(F)cc2c1=O. The molecule has 3 rings (SSSR count). The van der Waals surface area contributed by atoms with E-state index >= 15 is 0 Å². The van der Waals surface area contributed by atoms with Crippen molar-refractivity contribution < 1.29 is 8.81 Å². The molecule has 0 unspecified atom stereocenters.